The first-order chi connectivity index (χ1) is 8.09. The molecule has 0 heterocycles. The van der Waals surface area contributed by atoms with Gasteiger partial charge in [0.25, 0.3) is 0 Å². The molecule has 17 heavy (non-hydrogen) atoms. The van der Waals surface area contributed by atoms with Crippen LogP contribution in [0.15, 0.2) is 0 Å². The SMILES string of the molecule is CC1CCCCC1NC(=S)NCCCN(C)C. The molecule has 0 aromatic rings. The monoisotopic (exact) mass is 257 g/mol. The zero-order valence-corrected chi connectivity index (χ0v) is 12.3. The summed E-state index contributed by atoms with van der Waals surface area (Å²) >= 11 is 5.33. The van der Waals surface area contributed by atoms with Gasteiger partial charge in [-0.2, -0.15) is 0 Å². The molecule has 0 amide bonds. The molecule has 2 unspecified atom stereocenters. The highest BCUT2D eigenvalue weighted by Crippen LogP contribution is 2.23. The van der Waals surface area contributed by atoms with E-state index in [1.165, 1.54) is 25.7 Å². The average Bonchev–Trinajstić information content (AvgIpc) is 2.27. The number of hydrogen-bond acceptors (Lipinski definition) is 2. The highest BCUT2D eigenvalue weighted by atomic mass is 32.1. The van der Waals surface area contributed by atoms with Crippen LogP contribution >= 0.6 is 12.2 Å². The Morgan fingerprint density at radius 1 is 1.29 bits per heavy atom. The first kappa shape index (κ1) is 14.7. The van der Waals surface area contributed by atoms with Crippen LogP contribution in [0.3, 0.4) is 0 Å². The molecule has 100 valence electrons. The smallest absolute Gasteiger partial charge is 0.166 e. The van der Waals surface area contributed by atoms with Crippen molar-refractivity contribution >= 4 is 17.3 Å². The average molecular weight is 257 g/mol. The Morgan fingerprint density at radius 3 is 2.65 bits per heavy atom. The van der Waals surface area contributed by atoms with E-state index in [0.29, 0.717) is 6.04 Å². The molecular weight excluding hydrogens is 230 g/mol. The Hall–Kier alpha value is -0.350. The Morgan fingerprint density at radius 2 is 2.00 bits per heavy atom. The number of nitrogens with zero attached hydrogens (tertiary/aromatic N) is 1. The third-order valence-corrected chi connectivity index (χ3v) is 3.76. The lowest BCUT2D eigenvalue weighted by molar-refractivity contribution is 0.308. The fraction of sp³-hybridized carbons (Fsp3) is 0.923. The molecule has 0 bridgehead atoms. The summed E-state index contributed by atoms with van der Waals surface area (Å²) in [5, 5.41) is 7.60. The number of thiocarbonyl (C=S) groups is 1. The van der Waals surface area contributed by atoms with Crippen molar-refractivity contribution in [3.05, 3.63) is 0 Å². The zero-order valence-electron chi connectivity index (χ0n) is 11.5. The molecule has 1 aliphatic carbocycles. The van der Waals surface area contributed by atoms with E-state index in [0.717, 1.165) is 30.5 Å². The van der Waals surface area contributed by atoms with Gasteiger partial charge in [0.2, 0.25) is 0 Å². The summed E-state index contributed by atoms with van der Waals surface area (Å²) in [6.07, 6.45) is 6.45. The van der Waals surface area contributed by atoms with Crippen LogP contribution in [-0.4, -0.2) is 43.2 Å². The van der Waals surface area contributed by atoms with Gasteiger partial charge in [-0.3, -0.25) is 0 Å². The van der Waals surface area contributed by atoms with Crippen molar-refractivity contribution in [3.8, 4) is 0 Å². The van der Waals surface area contributed by atoms with E-state index < -0.39 is 0 Å². The van der Waals surface area contributed by atoms with Crippen molar-refractivity contribution in [1.82, 2.24) is 15.5 Å². The first-order valence-corrected chi connectivity index (χ1v) is 7.19. The maximum atomic E-state index is 5.33. The molecule has 1 saturated carbocycles. The number of rotatable bonds is 5. The van der Waals surface area contributed by atoms with Crippen molar-refractivity contribution in [2.24, 2.45) is 5.92 Å². The molecule has 4 heteroatoms. The van der Waals surface area contributed by atoms with E-state index in [1.807, 2.05) is 0 Å². The van der Waals surface area contributed by atoms with Crippen LogP contribution in [-0.2, 0) is 0 Å². The van der Waals surface area contributed by atoms with Crippen LogP contribution in [0.25, 0.3) is 0 Å². The summed E-state index contributed by atoms with van der Waals surface area (Å²) < 4.78 is 0. The molecule has 2 N–H and O–H groups in total. The predicted molar refractivity (Wildman–Crippen MR) is 78.3 cm³/mol. The van der Waals surface area contributed by atoms with Crippen LogP contribution < -0.4 is 10.6 Å². The van der Waals surface area contributed by atoms with E-state index in [1.54, 1.807) is 0 Å². The summed E-state index contributed by atoms with van der Waals surface area (Å²) in [6.45, 7) is 4.39. The topological polar surface area (TPSA) is 27.3 Å². The third-order valence-electron chi connectivity index (χ3n) is 3.50. The second kappa shape index (κ2) is 7.88. The second-order valence-electron chi connectivity index (χ2n) is 5.43. The third kappa shape index (κ3) is 6.22. The maximum absolute atomic E-state index is 5.33. The van der Waals surface area contributed by atoms with E-state index in [9.17, 15) is 0 Å². The highest BCUT2D eigenvalue weighted by molar-refractivity contribution is 7.80. The van der Waals surface area contributed by atoms with Crippen LogP contribution in [0.2, 0.25) is 0 Å². The molecule has 0 aromatic carbocycles. The van der Waals surface area contributed by atoms with Crippen molar-refractivity contribution in [3.63, 3.8) is 0 Å². The van der Waals surface area contributed by atoms with Crippen molar-refractivity contribution in [2.45, 2.75) is 45.1 Å². The molecule has 0 spiro atoms. The highest BCUT2D eigenvalue weighted by Gasteiger charge is 2.21. The minimum Gasteiger partial charge on any atom is -0.363 e. The summed E-state index contributed by atoms with van der Waals surface area (Å²) in [6, 6.07) is 0.581. The normalized spacial score (nSPS) is 24.7. The largest absolute Gasteiger partial charge is 0.363 e. The van der Waals surface area contributed by atoms with Crippen LogP contribution in [0.1, 0.15) is 39.0 Å². The van der Waals surface area contributed by atoms with Crippen LogP contribution in [0.5, 0.6) is 0 Å². The van der Waals surface area contributed by atoms with E-state index >= 15 is 0 Å². The zero-order chi connectivity index (χ0) is 12.7. The van der Waals surface area contributed by atoms with Gasteiger partial charge in [0.1, 0.15) is 0 Å². The lowest BCUT2D eigenvalue weighted by atomic mass is 9.86. The fourth-order valence-corrected chi connectivity index (χ4v) is 2.60. The Labute approximate surface area is 111 Å². The maximum Gasteiger partial charge on any atom is 0.166 e. The van der Waals surface area contributed by atoms with Gasteiger partial charge in [0.15, 0.2) is 5.11 Å². The number of nitrogens with one attached hydrogen (secondary N) is 2. The predicted octanol–water partition coefficient (Wildman–Crippen LogP) is 1.98. The molecule has 0 aromatic heterocycles. The summed E-state index contributed by atoms with van der Waals surface area (Å²) in [4.78, 5) is 2.20. The molecule has 0 saturated heterocycles. The van der Waals surface area contributed by atoms with E-state index in [4.69, 9.17) is 12.2 Å². The van der Waals surface area contributed by atoms with Gasteiger partial charge in [0.05, 0.1) is 0 Å². The van der Waals surface area contributed by atoms with Crippen molar-refractivity contribution in [1.29, 1.82) is 0 Å². The lowest BCUT2D eigenvalue weighted by Gasteiger charge is -2.30. The van der Waals surface area contributed by atoms with Crippen molar-refractivity contribution < 1.29 is 0 Å². The van der Waals surface area contributed by atoms with Gasteiger partial charge < -0.3 is 15.5 Å². The molecule has 1 aliphatic rings. The van der Waals surface area contributed by atoms with Gasteiger partial charge in [-0.25, -0.2) is 0 Å². The molecular formula is C13H27N3S. The molecule has 3 nitrogen and oxygen atoms in total. The minimum atomic E-state index is 0.581. The van der Waals surface area contributed by atoms with Crippen LogP contribution in [0, 0.1) is 5.92 Å². The Kier molecular flexibility index (Phi) is 6.82. The fourth-order valence-electron chi connectivity index (χ4n) is 2.35. The van der Waals surface area contributed by atoms with E-state index in [2.05, 4.69) is 36.6 Å². The quantitative estimate of drug-likeness (QED) is 0.582. The number of hydrogen-bond donors (Lipinski definition) is 2. The van der Waals surface area contributed by atoms with Gasteiger partial charge in [-0.05, 0) is 58.0 Å². The molecule has 1 fully saturated rings. The van der Waals surface area contributed by atoms with Gasteiger partial charge in [0, 0.05) is 12.6 Å². The van der Waals surface area contributed by atoms with Crippen molar-refractivity contribution in [2.75, 3.05) is 27.2 Å². The Bertz CT molecular complexity index is 231. The van der Waals surface area contributed by atoms with Gasteiger partial charge in [-0.1, -0.05) is 19.8 Å². The first-order valence-electron chi connectivity index (χ1n) is 6.78. The van der Waals surface area contributed by atoms with Crippen LogP contribution in [0.4, 0.5) is 0 Å². The van der Waals surface area contributed by atoms with Gasteiger partial charge >= 0.3 is 0 Å². The molecule has 2 atom stereocenters. The lowest BCUT2D eigenvalue weighted by Crippen LogP contribution is -2.46. The standard InChI is InChI=1S/C13H27N3S/c1-11-7-4-5-8-12(11)15-13(17)14-9-6-10-16(2)3/h11-12H,4-10H2,1-3H3,(H2,14,15,17). The second-order valence-corrected chi connectivity index (χ2v) is 5.83. The minimum absolute atomic E-state index is 0.581. The summed E-state index contributed by atoms with van der Waals surface area (Å²) in [5.41, 5.74) is 0. The molecule has 0 radical (unpaired) electrons. The summed E-state index contributed by atoms with van der Waals surface area (Å²) in [7, 11) is 4.19. The van der Waals surface area contributed by atoms with E-state index in [-0.39, 0.29) is 0 Å². The summed E-state index contributed by atoms with van der Waals surface area (Å²) in [5.74, 6) is 0.755. The Balaban J connectivity index is 2.11. The molecule has 0 aliphatic heterocycles. The van der Waals surface area contributed by atoms with Gasteiger partial charge in [-0.15, -0.1) is 0 Å². The molecule has 1 rings (SSSR count).